The molecule has 0 aliphatic rings. The molecule has 0 aliphatic heterocycles. The van der Waals surface area contributed by atoms with E-state index in [0.29, 0.717) is 13.0 Å². The quantitative estimate of drug-likeness (QED) is 0.797. The van der Waals surface area contributed by atoms with Crippen LogP contribution in [0.1, 0.15) is 6.42 Å². The van der Waals surface area contributed by atoms with Crippen LogP contribution in [0.25, 0.3) is 10.9 Å². The molecule has 0 radical (unpaired) electrons. The van der Waals surface area contributed by atoms with Crippen LogP contribution in [0.3, 0.4) is 0 Å². The molecule has 0 atom stereocenters. The number of fused-ring (bicyclic) bond motifs is 1. The van der Waals surface area contributed by atoms with E-state index < -0.39 is 0 Å². The molecule has 0 saturated carbocycles. The summed E-state index contributed by atoms with van der Waals surface area (Å²) >= 11 is 2.26. The summed E-state index contributed by atoms with van der Waals surface area (Å²) in [4.78, 5) is 0. The second-order valence-corrected chi connectivity index (χ2v) is 4.36. The Morgan fingerprint density at radius 3 is 3.07 bits per heavy atom. The molecule has 0 aliphatic carbocycles. The standard InChI is InChI=1S/C10H10FIN2/c11-4-1-5-14-10-6-9(12)3-2-8(10)7-13-14/h2-3,6-7H,1,4-5H2. The van der Waals surface area contributed by atoms with Gasteiger partial charge in [0.2, 0.25) is 0 Å². The van der Waals surface area contributed by atoms with Gasteiger partial charge in [-0.25, -0.2) is 0 Å². The summed E-state index contributed by atoms with van der Waals surface area (Å²) in [5.41, 5.74) is 1.09. The van der Waals surface area contributed by atoms with Crippen molar-refractivity contribution in [2.24, 2.45) is 0 Å². The van der Waals surface area contributed by atoms with Gasteiger partial charge in [-0.15, -0.1) is 0 Å². The zero-order valence-electron chi connectivity index (χ0n) is 7.58. The Balaban J connectivity index is 2.40. The van der Waals surface area contributed by atoms with E-state index in [1.54, 1.807) is 0 Å². The number of benzene rings is 1. The first-order chi connectivity index (χ1) is 6.81. The molecule has 2 aromatic rings. The van der Waals surface area contributed by atoms with Gasteiger partial charge in [0.05, 0.1) is 18.4 Å². The average molecular weight is 304 g/mol. The number of aromatic nitrogens is 2. The van der Waals surface area contributed by atoms with Crippen LogP contribution in [0, 0.1) is 3.57 Å². The van der Waals surface area contributed by atoms with Crippen LogP contribution in [0.4, 0.5) is 4.39 Å². The second kappa shape index (κ2) is 4.25. The van der Waals surface area contributed by atoms with Gasteiger partial charge in [-0.1, -0.05) is 6.07 Å². The van der Waals surface area contributed by atoms with Crippen LogP contribution in [0.5, 0.6) is 0 Å². The average Bonchev–Trinajstić information content (AvgIpc) is 2.57. The topological polar surface area (TPSA) is 17.8 Å². The minimum atomic E-state index is -0.286. The van der Waals surface area contributed by atoms with Gasteiger partial charge in [0.1, 0.15) is 0 Å². The van der Waals surface area contributed by atoms with Crippen LogP contribution in [0.2, 0.25) is 0 Å². The third kappa shape index (κ3) is 1.89. The first-order valence-corrected chi connectivity index (χ1v) is 5.56. The monoisotopic (exact) mass is 304 g/mol. The first kappa shape index (κ1) is 9.89. The van der Waals surface area contributed by atoms with Gasteiger partial charge in [-0.3, -0.25) is 9.07 Å². The van der Waals surface area contributed by atoms with Crippen LogP contribution < -0.4 is 0 Å². The second-order valence-electron chi connectivity index (χ2n) is 3.11. The minimum absolute atomic E-state index is 0.286. The maximum Gasteiger partial charge on any atom is 0.0912 e. The Morgan fingerprint density at radius 2 is 2.29 bits per heavy atom. The third-order valence-corrected chi connectivity index (χ3v) is 2.78. The summed E-state index contributed by atoms with van der Waals surface area (Å²) in [5, 5.41) is 5.34. The molecular formula is C10H10FIN2. The predicted octanol–water partition coefficient (Wildman–Crippen LogP) is 3.00. The summed E-state index contributed by atoms with van der Waals surface area (Å²) < 4.78 is 15.1. The van der Waals surface area contributed by atoms with Crippen molar-refractivity contribution >= 4 is 33.5 Å². The summed E-state index contributed by atoms with van der Waals surface area (Å²) in [6.07, 6.45) is 2.35. The van der Waals surface area contributed by atoms with Crippen molar-refractivity contribution in [2.45, 2.75) is 13.0 Å². The Hall–Kier alpha value is -0.650. The van der Waals surface area contributed by atoms with Crippen molar-refractivity contribution in [1.82, 2.24) is 9.78 Å². The van der Waals surface area contributed by atoms with Crippen LogP contribution in [-0.4, -0.2) is 16.5 Å². The molecular weight excluding hydrogens is 294 g/mol. The van der Waals surface area contributed by atoms with Gasteiger partial charge < -0.3 is 0 Å². The van der Waals surface area contributed by atoms with Gasteiger partial charge in [0, 0.05) is 15.5 Å². The number of alkyl halides is 1. The molecule has 0 N–H and O–H groups in total. The molecule has 0 bridgehead atoms. The molecule has 0 unspecified atom stereocenters. The van der Waals surface area contributed by atoms with E-state index in [9.17, 15) is 4.39 Å². The lowest BCUT2D eigenvalue weighted by molar-refractivity contribution is 0.439. The van der Waals surface area contributed by atoms with Crippen molar-refractivity contribution in [3.63, 3.8) is 0 Å². The van der Waals surface area contributed by atoms with E-state index >= 15 is 0 Å². The number of nitrogens with zero attached hydrogens (tertiary/aromatic N) is 2. The fraction of sp³-hybridized carbons (Fsp3) is 0.300. The van der Waals surface area contributed by atoms with Gasteiger partial charge in [-0.2, -0.15) is 5.10 Å². The molecule has 0 amide bonds. The number of hydrogen-bond donors (Lipinski definition) is 0. The molecule has 0 saturated heterocycles. The number of hydrogen-bond acceptors (Lipinski definition) is 1. The molecule has 74 valence electrons. The van der Waals surface area contributed by atoms with Crippen molar-refractivity contribution in [2.75, 3.05) is 6.67 Å². The third-order valence-electron chi connectivity index (χ3n) is 2.11. The lowest BCUT2D eigenvalue weighted by Gasteiger charge is -2.01. The maximum atomic E-state index is 12.0. The molecule has 2 rings (SSSR count). The maximum absolute atomic E-state index is 12.0. The van der Waals surface area contributed by atoms with Crippen molar-refractivity contribution in [3.05, 3.63) is 28.0 Å². The predicted molar refractivity (Wildman–Crippen MR) is 63.0 cm³/mol. The van der Waals surface area contributed by atoms with E-state index in [0.717, 1.165) is 10.9 Å². The van der Waals surface area contributed by atoms with E-state index in [4.69, 9.17) is 0 Å². The summed E-state index contributed by atoms with van der Waals surface area (Å²) in [7, 11) is 0. The lowest BCUT2D eigenvalue weighted by atomic mass is 10.2. The van der Waals surface area contributed by atoms with E-state index in [2.05, 4.69) is 33.8 Å². The normalized spacial score (nSPS) is 11.0. The fourth-order valence-electron chi connectivity index (χ4n) is 1.43. The molecule has 14 heavy (non-hydrogen) atoms. The Bertz CT molecular complexity index is 439. The zero-order valence-corrected chi connectivity index (χ0v) is 9.74. The fourth-order valence-corrected chi connectivity index (χ4v) is 1.91. The highest BCUT2D eigenvalue weighted by Crippen LogP contribution is 2.17. The highest BCUT2D eigenvalue weighted by molar-refractivity contribution is 14.1. The first-order valence-electron chi connectivity index (χ1n) is 4.48. The molecule has 4 heteroatoms. The molecule has 0 fully saturated rings. The van der Waals surface area contributed by atoms with Crippen molar-refractivity contribution < 1.29 is 4.39 Å². The Labute approximate surface area is 95.2 Å². The molecule has 1 aromatic carbocycles. The molecule has 1 heterocycles. The lowest BCUT2D eigenvalue weighted by Crippen LogP contribution is -2.00. The van der Waals surface area contributed by atoms with E-state index in [-0.39, 0.29) is 6.67 Å². The summed E-state index contributed by atoms with van der Waals surface area (Å²) in [5.74, 6) is 0. The van der Waals surface area contributed by atoms with Gasteiger partial charge in [-0.05, 0) is 41.1 Å². The van der Waals surface area contributed by atoms with E-state index in [1.165, 1.54) is 3.57 Å². The zero-order chi connectivity index (χ0) is 9.97. The van der Waals surface area contributed by atoms with Crippen molar-refractivity contribution in [3.8, 4) is 0 Å². The highest BCUT2D eigenvalue weighted by Gasteiger charge is 2.02. The van der Waals surface area contributed by atoms with Gasteiger partial charge in [0.15, 0.2) is 0 Å². The van der Waals surface area contributed by atoms with Gasteiger partial charge in [0.25, 0.3) is 0 Å². The molecule has 2 nitrogen and oxygen atoms in total. The van der Waals surface area contributed by atoms with Crippen LogP contribution in [-0.2, 0) is 6.54 Å². The highest BCUT2D eigenvalue weighted by atomic mass is 127. The van der Waals surface area contributed by atoms with Crippen LogP contribution in [0.15, 0.2) is 24.4 Å². The van der Waals surface area contributed by atoms with Crippen molar-refractivity contribution in [1.29, 1.82) is 0 Å². The molecule has 0 spiro atoms. The summed E-state index contributed by atoms with van der Waals surface area (Å²) in [6, 6.07) is 6.15. The smallest absolute Gasteiger partial charge is 0.0912 e. The van der Waals surface area contributed by atoms with E-state index in [1.807, 2.05) is 23.0 Å². The number of aryl methyl sites for hydroxylation is 1. The van der Waals surface area contributed by atoms with Crippen LogP contribution >= 0.6 is 22.6 Å². The minimum Gasteiger partial charge on any atom is -0.265 e. The Morgan fingerprint density at radius 1 is 1.43 bits per heavy atom. The SMILES string of the molecule is FCCCn1ncc2ccc(I)cc21. The largest absolute Gasteiger partial charge is 0.265 e. The number of halogens is 2. The summed E-state index contributed by atoms with van der Waals surface area (Å²) in [6.45, 7) is 0.366. The molecule has 1 aromatic heterocycles. The van der Waals surface area contributed by atoms with Gasteiger partial charge >= 0.3 is 0 Å². The number of rotatable bonds is 3. The Kier molecular flexibility index (Phi) is 3.00.